The number of likely N-dealkylation sites (N-methyl/N-ethyl adjacent to an activating group) is 1. The molecule has 130 valence electrons. The molecule has 2 aromatic rings. The fourth-order valence-corrected chi connectivity index (χ4v) is 3.69. The molecule has 1 saturated heterocycles. The second-order valence-corrected chi connectivity index (χ2v) is 7.02. The normalized spacial score (nSPS) is 19.2. The first-order valence-electron chi connectivity index (χ1n) is 8.67. The van der Waals surface area contributed by atoms with E-state index in [1.165, 1.54) is 0 Å². The summed E-state index contributed by atoms with van der Waals surface area (Å²) in [5.74, 6) is 0.242. The lowest BCUT2D eigenvalue weighted by Crippen LogP contribution is -2.52. The zero-order valence-electron chi connectivity index (χ0n) is 15.3. The summed E-state index contributed by atoms with van der Waals surface area (Å²) in [5.41, 5.74) is 5.07. The van der Waals surface area contributed by atoms with Gasteiger partial charge in [-0.3, -0.25) is 4.79 Å². The molecule has 3 rings (SSSR count). The van der Waals surface area contributed by atoms with Crippen molar-refractivity contribution in [3.05, 3.63) is 28.7 Å². The molecule has 0 aliphatic carbocycles. The van der Waals surface area contributed by atoms with Crippen LogP contribution < -0.4 is 0 Å². The van der Waals surface area contributed by atoms with E-state index in [1.54, 1.807) is 0 Å². The molecule has 6 heteroatoms. The first kappa shape index (κ1) is 16.9. The molecule has 0 aromatic carbocycles. The summed E-state index contributed by atoms with van der Waals surface area (Å²) in [6.07, 6.45) is 1.25. The van der Waals surface area contributed by atoms with Crippen molar-refractivity contribution in [1.29, 1.82) is 0 Å². The fraction of sp³-hybridized carbons (Fsp3) is 0.611. The van der Waals surface area contributed by atoms with Crippen molar-refractivity contribution >= 4 is 11.6 Å². The number of hydrogen-bond donors (Lipinski definition) is 0. The van der Waals surface area contributed by atoms with Crippen LogP contribution in [0.2, 0.25) is 0 Å². The summed E-state index contributed by atoms with van der Waals surface area (Å²) < 4.78 is 1.89. The Morgan fingerprint density at radius 2 is 2.04 bits per heavy atom. The molecule has 0 spiro atoms. The molecule has 1 unspecified atom stereocenters. The van der Waals surface area contributed by atoms with E-state index in [1.807, 2.05) is 29.3 Å². The van der Waals surface area contributed by atoms with Crippen LogP contribution in [0, 0.1) is 20.8 Å². The third-order valence-corrected chi connectivity index (χ3v) is 5.03. The molecule has 0 bridgehead atoms. The maximum absolute atomic E-state index is 12.6. The van der Waals surface area contributed by atoms with Crippen molar-refractivity contribution in [3.63, 3.8) is 0 Å². The highest BCUT2D eigenvalue weighted by atomic mass is 16.2. The average molecular weight is 329 g/mol. The van der Waals surface area contributed by atoms with Crippen molar-refractivity contribution in [2.75, 3.05) is 26.7 Å². The van der Waals surface area contributed by atoms with Gasteiger partial charge in [-0.15, -0.1) is 0 Å². The second kappa shape index (κ2) is 6.51. The lowest BCUT2D eigenvalue weighted by molar-refractivity contribution is -0.135. The lowest BCUT2D eigenvalue weighted by Gasteiger charge is -2.38. The van der Waals surface area contributed by atoms with E-state index >= 15 is 0 Å². The van der Waals surface area contributed by atoms with Gasteiger partial charge in [-0.1, -0.05) is 0 Å². The van der Waals surface area contributed by atoms with E-state index in [9.17, 15) is 4.79 Å². The molecule has 0 N–H and O–H groups in total. The van der Waals surface area contributed by atoms with Crippen molar-refractivity contribution < 1.29 is 4.79 Å². The highest BCUT2D eigenvalue weighted by molar-refractivity contribution is 5.77. The Balaban J connectivity index is 1.74. The standard InChI is InChI=1S/C18H27N5O/c1-12-10-17-19-14(3)16(15(4)23(17)20-12)6-7-18(24)22-9-8-21(5)11-13(22)2/h10,13H,6-9,11H2,1-5H3. The van der Waals surface area contributed by atoms with Crippen LogP contribution in [0.5, 0.6) is 0 Å². The number of carbonyl (C=O) groups is 1. The van der Waals surface area contributed by atoms with Gasteiger partial charge in [0.05, 0.1) is 5.69 Å². The van der Waals surface area contributed by atoms with Gasteiger partial charge in [0.1, 0.15) is 0 Å². The maximum atomic E-state index is 12.6. The first-order valence-corrected chi connectivity index (χ1v) is 8.67. The molecule has 1 atom stereocenters. The quantitative estimate of drug-likeness (QED) is 0.861. The molecule has 0 saturated carbocycles. The van der Waals surface area contributed by atoms with Crippen LogP contribution in [0.15, 0.2) is 6.07 Å². The molecule has 6 nitrogen and oxygen atoms in total. The van der Waals surface area contributed by atoms with Crippen LogP contribution >= 0.6 is 0 Å². The number of carbonyl (C=O) groups excluding carboxylic acids is 1. The monoisotopic (exact) mass is 329 g/mol. The summed E-state index contributed by atoms with van der Waals surface area (Å²) in [6, 6.07) is 2.27. The third kappa shape index (κ3) is 3.15. The zero-order chi connectivity index (χ0) is 17.4. The van der Waals surface area contributed by atoms with E-state index in [0.717, 1.165) is 54.3 Å². The van der Waals surface area contributed by atoms with Crippen LogP contribution in [-0.2, 0) is 11.2 Å². The Bertz CT molecular complexity index is 766. The largest absolute Gasteiger partial charge is 0.337 e. The van der Waals surface area contributed by atoms with Gasteiger partial charge in [-0.05, 0) is 46.7 Å². The summed E-state index contributed by atoms with van der Waals surface area (Å²) in [7, 11) is 2.11. The molecule has 1 amide bonds. The fourth-order valence-electron chi connectivity index (χ4n) is 3.69. The van der Waals surface area contributed by atoms with Crippen LogP contribution in [0.1, 0.15) is 36.0 Å². The maximum Gasteiger partial charge on any atom is 0.223 e. The number of amides is 1. The molecular formula is C18H27N5O. The minimum atomic E-state index is 0.242. The number of rotatable bonds is 3. The van der Waals surface area contributed by atoms with E-state index < -0.39 is 0 Å². The van der Waals surface area contributed by atoms with Gasteiger partial charge < -0.3 is 9.80 Å². The second-order valence-electron chi connectivity index (χ2n) is 7.02. The SMILES string of the molecule is Cc1cc2nc(C)c(CCC(=O)N3CCN(C)CC3C)c(C)n2n1. The average Bonchev–Trinajstić information content (AvgIpc) is 2.87. The topological polar surface area (TPSA) is 53.7 Å². The molecule has 1 aliphatic heterocycles. The Hall–Kier alpha value is -1.95. The molecule has 1 fully saturated rings. The zero-order valence-corrected chi connectivity index (χ0v) is 15.3. The summed E-state index contributed by atoms with van der Waals surface area (Å²) in [4.78, 5) is 21.6. The van der Waals surface area contributed by atoms with Crippen LogP contribution in [0.3, 0.4) is 0 Å². The van der Waals surface area contributed by atoms with Crippen LogP contribution in [0.4, 0.5) is 0 Å². The molecule has 2 aromatic heterocycles. The molecule has 1 aliphatic rings. The summed E-state index contributed by atoms with van der Waals surface area (Å²) in [6.45, 7) is 10.9. The molecule has 24 heavy (non-hydrogen) atoms. The lowest BCUT2D eigenvalue weighted by atomic mass is 10.0. The molecule has 3 heterocycles. The molecular weight excluding hydrogens is 302 g/mol. The van der Waals surface area contributed by atoms with E-state index in [2.05, 4.69) is 35.9 Å². The number of piperazine rings is 1. The van der Waals surface area contributed by atoms with Gasteiger partial charge in [0.2, 0.25) is 5.91 Å². The summed E-state index contributed by atoms with van der Waals surface area (Å²) in [5, 5.41) is 4.51. The Kier molecular flexibility index (Phi) is 4.58. The first-order chi connectivity index (χ1) is 11.4. The van der Waals surface area contributed by atoms with Gasteiger partial charge in [-0.25, -0.2) is 9.50 Å². The number of nitrogens with zero attached hydrogens (tertiary/aromatic N) is 5. The Morgan fingerprint density at radius 1 is 1.29 bits per heavy atom. The van der Waals surface area contributed by atoms with Crippen LogP contribution in [0.25, 0.3) is 5.65 Å². The predicted octanol–water partition coefficient (Wildman–Crippen LogP) is 1.75. The molecule has 0 radical (unpaired) electrons. The number of hydrogen-bond acceptors (Lipinski definition) is 4. The highest BCUT2D eigenvalue weighted by Crippen LogP contribution is 2.18. The van der Waals surface area contributed by atoms with E-state index in [4.69, 9.17) is 0 Å². The van der Waals surface area contributed by atoms with Crippen LogP contribution in [-0.4, -0.2) is 63.0 Å². The smallest absolute Gasteiger partial charge is 0.223 e. The van der Waals surface area contributed by atoms with Gasteiger partial charge in [0.15, 0.2) is 5.65 Å². The van der Waals surface area contributed by atoms with E-state index in [-0.39, 0.29) is 11.9 Å². The van der Waals surface area contributed by atoms with Gasteiger partial charge >= 0.3 is 0 Å². The number of aromatic nitrogens is 3. The van der Waals surface area contributed by atoms with Gasteiger partial charge in [0.25, 0.3) is 0 Å². The Morgan fingerprint density at radius 3 is 2.75 bits per heavy atom. The third-order valence-electron chi connectivity index (χ3n) is 5.03. The predicted molar refractivity (Wildman–Crippen MR) is 94.2 cm³/mol. The van der Waals surface area contributed by atoms with Gasteiger partial charge in [0, 0.05) is 49.6 Å². The van der Waals surface area contributed by atoms with Gasteiger partial charge in [-0.2, -0.15) is 5.10 Å². The van der Waals surface area contributed by atoms with Crippen molar-refractivity contribution in [2.45, 2.75) is 46.6 Å². The van der Waals surface area contributed by atoms with Crippen molar-refractivity contribution in [3.8, 4) is 0 Å². The van der Waals surface area contributed by atoms with Crippen molar-refractivity contribution in [1.82, 2.24) is 24.4 Å². The minimum absolute atomic E-state index is 0.242. The minimum Gasteiger partial charge on any atom is -0.337 e. The van der Waals surface area contributed by atoms with E-state index in [0.29, 0.717) is 6.42 Å². The number of aryl methyl sites for hydroxylation is 3. The van der Waals surface area contributed by atoms with Crippen molar-refractivity contribution in [2.24, 2.45) is 0 Å². The highest BCUT2D eigenvalue weighted by Gasteiger charge is 2.25. The number of fused-ring (bicyclic) bond motifs is 1. The summed E-state index contributed by atoms with van der Waals surface area (Å²) >= 11 is 0. The Labute approximate surface area is 143 Å².